The van der Waals surface area contributed by atoms with E-state index in [0.717, 1.165) is 4.70 Å². The fourth-order valence-corrected chi connectivity index (χ4v) is 4.61. The van der Waals surface area contributed by atoms with Crippen LogP contribution in [0.5, 0.6) is 0 Å². The second-order valence-electron chi connectivity index (χ2n) is 4.61. The average molecular weight is 323 g/mol. The van der Waals surface area contributed by atoms with Crippen LogP contribution in [0.25, 0.3) is 10.2 Å². The lowest BCUT2D eigenvalue weighted by atomic mass is 10.3. The zero-order chi connectivity index (χ0) is 15.2. The highest BCUT2D eigenvalue weighted by Crippen LogP contribution is 2.29. The molecule has 0 unspecified atom stereocenters. The first-order valence-electron chi connectivity index (χ1n) is 6.07. The highest BCUT2D eigenvalue weighted by Gasteiger charge is 2.23. The van der Waals surface area contributed by atoms with Gasteiger partial charge in [-0.1, -0.05) is 11.3 Å². The van der Waals surface area contributed by atoms with E-state index in [1.807, 2.05) is 0 Å². The van der Waals surface area contributed by atoms with Crippen LogP contribution in [-0.4, -0.2) is 23.6 Å². The van der Waals surface area contributed by atoms with Gasteiger partial charge in [0.05, 0.1) is 21.6 Å². The fraction of sp³-hybridized carbons (Fsp3) is 0.167. The summed E-state index contributed by atoms with van der Waals surface area (Å²) >= 11 is 1.24. The summed E-state index contributed by atoms with van der Waals surface area (Å²) in [6.07, 6.45) is 0. The number of anilines is 2. The number of aromatic amines is 1. The second-order valence-corrected chi connectivity index (χ2v) is 7.26. The van der Waals surface area contributed by atoms with E-state index in [9.17, 15) is 8.42 Å². The van der Waals surface area contributed by atoms with Crippen LogP contribution in [0.2, 0.25) is 0 Å². The molecule has 2 aromatic heterocycles. The van der Waals surface area contributed by atoms with Gasteiger partial charge in [-0.2, -0.15) is 5.10 Å². The highest BCUT2D eigenvalue weighted by atomic mass is 32.2. The highest BCUT2D eigenvalue weighted by molar-refractivity contribution is 7.93. The van der Waals surface area contributed by atoms with Crippen molar-refractivity contribution in [1.29, 1.82) is 0 Å². The molecule has 7 nitrogen and oxygen atoms in total. The molecule has 9 heteroatoms. The van der Waals surface area contributed by atoms with E-state index in [2.05, 4.69) is 19.9 Å². The Balaban J connectivity index is 2.01. The molecular formula is C12H13N5O2S2. The number of fused-ring (bicyclic) bond motifs is 1. The molecule has 0 aliphatic rings. The number of hydrogen-bond donors (Lipinski definition) is 3. The van der Waals surface area contributed by atoms with Gasteiger partial charge in [0, 0.05) is 5.69 Å². The number of sulfonamides is 1. The molecule has 0 spiro atoms. The minimum atomic E-state index is -3.72. The molecule has 3 rings (SSSR count). The summed E-state index contributed by atoms with van der Waals surface area (Å²) < 4.78 is 28.2. The SMILES string of the molecule is Cc1n[nH]c(C)c1S(=O)(=O)Nc1nc2ccc(N)cc2s1. The van der Waals surface area contributed by atoms with Gasteiger partial charge in [0.2, 0.25) is 0 Å². The van der Waals surface area contributed by atoms with Crippen molar-refractivity contribution in [2.24, 2.45) is 0 Å². The molecule has 0 bridgehead atoms. The normalized spacial score (nSPS) is 11.9. The Morgan fingerprint density at radius 3 is 2.76 bits per heavy atom. The number of nitrogens with two attached hydrogens (primary N) is 1. The standard InChI is InChI=1S/C12H13N5O2S2/c1-6-11(7(2)16-15-6)21(18,19)17-12-14-9-4-3-8(13)5-10(9)20-12/h3-5H,13H2,1-2H3,(H,14,17)(H,15,16). The van der Waals surface area contributed by atoms with Gasteiger partial charge < -0.3 is 5.73 Å². The van der Waals surface area contributed by atoms with E-state index in [1.54, 1.807) is 32.0 Å². The molecule has 3 aromatic rings. The van der Waals surface area contributed by atoms with Crippen LogP contribution in [-0.2, 0) is 10.0 Å². The molecular weight excluding hydrogens is 310 g/mol. The predicted molar refractivity (Wildman–Crippen MR) is 82.9 cm³/mol. The third-order valence-electron chi connectivity index (χ3n) is 2.96. The van der Waals surface area contributed by atoms with E-state index in [0.29, 0.717) is 27.7 Å². The van der Waals surface area contributed by atoms with Gasteiger partial charge in [-0.3, -0.25) is 9.82 Å². The quantitative estimate of drug-likeness (QED) is 0.638. The smallest absolute Gasteiger partial charge is 0.267 e. The predicted octanol–water partition coefficient (Wildman–Crippen LogP) is 2.02. The first-order chi connectivity index (χ1) is 9.87. The van der Waals surface area contributed by atoms with Crippen LogP contribution in [0.4, 0.5) is 10.8 Å². The summed E-state index contributed by atoms with van der Waals surface area (Å²) in [5, 5.41) is 6.86. The first-order valence-corrected chi connectivity index (χ1v) is 8.37. The Morgan fingerprint density at radius 2 is 2.10 bits per heavy atom. The van der Waals surface area contributed by atoms with Gasteiger partial charge in [0.15, 0.2) is 5.13 Å². The molecule has 4 N–H and O–H groups in total. The van der Waals surface area contributed by atoms with E-state index in [-0.39, 0.29) is 4.90 Å². The second kappa shape index (κ2) is 4.71. The van der Waals surface area contributed by atoms with Crippen LogP contribution in [0.1, 0.15) is 11.4 Å². The lowest BCUT2D eigenvalue weighted by Crippen LogP contribution is -2.14. The monoisotopic (exact) mass is 323 g/mol. The summed E-state index contributed by atoms with van der Waals surface area (Å²) in [5.74, 6) is 0. The molecule has 0 saturated carbocycles. The maximum Gasteiger partial charge on any atom is 0.267 e. The van der Waals surface area contributed by atoms with Gasteiger partial charge >= 0.3 is 0 Å². The van der Waals surface area contributed by atoms with Crippen molar-refractivity contribution in [3.63, 3.8) is 0 Å². The molecule has 110 valence electrons. The number of benzene rings is 1. The third-order valence-corrected chi connectivity index (χ3v) is 5.63. The zero-order valence-corrected chi connectivity index (χ0v) is 13.0. The van der Waals surface area contributed by atoms with Gasteiger partial charge in [-0.15, -0.1) is 0 Å². The Kier molecular flexibility index (Phi) is 3.10. The average Bonchev–Trinajstić information content (AvgIpc) is 2.91. The molecule has 0 fully saturated rings. The number of aromatic nitrogens is 3. The largest absolute Gasteiger partial charge is 0.399 e. The Labute approximate surface area is 125 Å². The van der Waals surface area contributed by atoms with Crippen molar-refractivity contribution < 1.29 is 8.42 Å². The number of hydrogen-bond acceptors (Lipinski definition) is 6. The number of aryl methyl sites for hydroxylation is 2. The van der Waals surface area contributed by atoms with Gasteiger partial charge in [-0.25, -0.2) is 13.4 Å². The molecule has 2 heterocycles. The Morgan fingerprint density at radius 1 is 1.33 bits per heavy atom. The maximum atomic E-state index is 12.4. The van der Waals surface area contributed by atoms with Crippen molar-refractivity contribution >= 4 is 42.4 Å². The Hall–Kier alpha value is -2.13. The number of nitrogen functional groups attached to an aromatic ring is 1. The molecule has 0 radical (unpaired) electrons. The first kappa shape index (κ1) is 13.8. The molecule has 21 heavy (non-hydrogen) atoms. The van der Waals surface area contributed by atoms with Gasteiger partial charge in [0.1, 0.15) is 4.90 Å². The molecule has 0 amide bonds. The van der Waals surface area contributed by atoms with Crippen LogP contribution in [0.15, 0.2) is 23.1 Å². The lowest BCUT2D eigenvalue weighted by molar-refractivity contribution is 0.600. The third kappa shape index (κ3) is 2.45. The van der Waals surface area contributed by atoms with Crippen molar-refractivity contribution in [3.05, 3.63) is 29.6 Å². The van der Waals surface area contributed by atoms with E-state index < -0.39 is 10.0 Å². The summed E-state index contributed by atoms with van der Waals surface area (Å²) in [5.41, 5.74) is 7.93. The van der Waals surface area contributed by atoms with Gasteiger partial charge in [-0.05, 0) is 32.0 Å². The van der Waals surface area contributed by atoms with Crippen LogP contribution in [0, 0.1) is 13.8 Å². The van der Waals surface area contributed by atoms with Crippen molar-refractivity contribution in [1.82, 2.24) is 15.2 Å². The lowest BCUT2D eigenvalue weighted by Gasteiger charge is -2.04. The van der Waals surface area contributed by atoms with Crippen LogP contribution >= 0.6 is 11.3 Å². The number of H-pyrrole nitrogens is 1. The van der Waals surface area contributed by atoms with E-state index in [1.165, 1.54) is 11.3 Å². The Bertz CT molecular complexity index is 907. The molecule has 0 saturated heterocycles. The van der Waals surface area contributed by atoms with Gasteiger partial charge in [0.25, 0.3) is 10.0 Å². The topological polar surface area (TPSA) is 114 Å². The minimum Gasteiger partial charge on any atom is -0.399 e. The van der Waals surface area contributed by atoms with Crippen molar-refractivity contribution in [2.75, 3.05) is 10.5 Å². The number of rotatable bonds is 3. The number of nitrogens with one attached hydrogen (secondary N) is 2. The maximum absolute atomic E-state index is 12.4. The van der Waals surface area contributed by atoms with E-state index >= 15 is 0 Å². The molecule has 0 atom stereocenters. The summed E-state index contributed by atoms with van der Waals surface area (Å²) in [7, 11) is -3.72. The van der Waals surface area contributed by atoms with Crippen molar-refractivity contribution in [2.45, 2.75) is 18.7 Å². The molecule has 0 aliphatic carbocycles. The zero-order valence-electron chi connectivity index (χ0n) is 11.3. The van der Waals surface area contributed by atoms with Crippen molar-refractivity contribution in [3.8, 4) is 0 Å². The number of nitrogens with zero attached hydrogens (tertiary/aromatic N) is 2. The summed E-state index contributed by atoms with van der Waals surface area (Å²) in [6, 6.07) is 5.25. The molecule has 1 aromatic carbocycles. The van der Waals surface area contributed by atoms with Crippen LogP contribution in [0.3, 0.4) is 0 Å². The number of thiazole rings is 1. The summed E-state index contributed by atoms with van der Waals surface area (Å²) in [4.78, 5) is 4.40. The molecule has 0 aliphatic heterocycles. The van der Waals surface area contributed by atoms with E-state index in [4.69, 9.17) is 5.73 Å². The fourth-order valence-electron chi connectivity index (χ4n) is 2.09. The van der Waals surface area contributed by atoms with Crippen LogP contribution < -0.4 is 10.5 Å². The summed E-state index contributed by atoms with van der Waals surface area (Å²) in [6.45, 7) is 3.30. The minimum absolute atomic E-state index is 0.154.